The van der Waals surface area contributed by atoms with Crippen molar-refractivity contribution in [2.24, 2.45) is 0 Å². The van der Waals surface area contributed by atoms with Crippen LogP contribution in [0.1, 0.15) is 61.2 Å². The fourth-order valence-electron chi connectivity index (χ4n) is 7.08. The Morgan fingerprint density at radius 3 is 0.967 bits per heavy atom. The van der Waals surface area contributed by atoms with Gasteiger partial charge in [0.25, 0.3) is 6.47 Å². The topological polar surface area (TPSA) is 71.4 Å². The number of benzene rings is 8. The molecule has 0 radical (unpaired) electrons. The lowest BCUT2D eigenvalue weighted by atomic mass is 9.81. The monoisotopic (exact) mass is 806 g/mol. The van der Waals surface area contributed by atoms with Gasteiger partial charge in [-0.05, 0) is 123 Å². The molecule has 0 fully saturated rings. The maximum atomic E-state index is 12.4. The van der Waals surface area contributed by atoms with E-state index in [9.17, 15) is 9.59 Å². The van der Waals surface area contributed by atoms with Gasteiger partial charge in [0.15, 0.2) is 5.78 Å². The Balaban J connectivity index is 0.000000632. The van der Waals surface area contributed by atoms with Crippen LogP contribution in [0.15, 0.2) is 172 Å². The second-order valence-corrected chi connectivity index (χ2v) is 13.8. The molecule has 4 heteroatoms. The summed E-state index contributed by atoms with van der Waals surface area (Å²) < 4.78 is 0. The van der Waals surface area contributed by atoms with Crippen molar-refractivity contribution in [3.05, 3.63) is 194 Å². The van der Waals surface area contributed by atoms with Crippen LogP contribution in [0.3, 0.4) is 0 Å². The summed E-state index contributed by atoms with van der Waals surface area (Å²) >= 11 is 0. The molecule has 0 aliphatic rings. The molecule has 0 saturated carbocycles. The minimum Gasteiger partial charge on any atom is -0.483 e. The van der Waals surface area contributed by atoms with Crippen molar-refractivity contribution in [2.75, 3.05) is 0 Å². The first-order valence-corrected chi connectivity index (χ1v) is 20.5. The van der Waals surface area contributed by atoms with Crippen molar-refractivity contribution in [3.63, 3.8) is 0 Å². The Hall–Kier alpha value is -7.17. The molecule has 0 atom stereocenters. The van der Waals surface area contributed by atoms with Gasteiger partial charge in [-0.3, -0.25) is 9.59 Å². The number of carbonyl (C=O) groups is 3. The number of hydrogen-bond acceptors (Lipinski definition) is 3. The Kier molecular flexibility index (Phi) is 19.0. The maximum Gasteiger partial charge on any atom is 0.290 e. The molecule has 310 valence electrons. The van der Waals surface area contributed by atoms with Crippen LogP contribution < -0.4 is 0 Å². The van der Waals surface area contributed by atoms with Crippen LogP contribution in [0.25, 0.3) is 76.8 Å². The fourth-order valence-corrected chi connectivity index (χ4v) is 7.08. The van der Waals surface area contributed by atoms with Crippen LogP contribution in [-0.2, 0) is 9.59 Å². The van der Waals surface area contributed by atoms with Gasteiger partial charge in [0.1, 0.15) is 6.29 Å². The average molecular weight is 807 g/mol. The first-order valence-electron chi connectivity index (χ1n) is 20.5. The smallest absolute Gasteiger partial charge is 0.290 e. The molecule has 61 heavy (non-hydrogen) atoms. The third-order valence-electron chi connectivity index (χ3n) is 9.82. The summed E-state index contributed by atoms with van der Waals surface area (Å²) in [7, 11) is 0. The second kappa shape index (κ2) is 24.0. The van der Waals surface area contributed by atoms with Crippen LogP contribution in [0, 0.1) is 20.8 Å². The number of carboxylic acid groups (broad SMARTS) is 1. The minimum atomic E-state index is -0.250. The van der Waals surface area contributed by atoms with Gasteiger partial charge in [0.2, 0.25) is 0 Å². The molecule has 0 amide bonds. The highest BCUT2D eigenvalue weighted by molar-refractivity contribution is 6.32. The summed E-state index contributed by atoms with van der Waals surface area (Å²) in [5, 5.41) is 14.4. The van der Waals surface area contributed by atoms with Gasteiger partial charge in [-0.1, -0.05) is 171 Å². The number of allylic oxidation sites excluding steroid dienone is 2. The molecule has 0 aliphatic carbocycles. The van der Waals surface area contributed by atoms with Gasteiger partial charge < -0.3 is 9.90 Å². The lowest BCUT2D eigenvalue weighted by Gasteiger charge is -2.21. The highest BCUT2D eigenvalue weighted by atomic mass is 16.3. The van der Waals surface area contributed by atoms with Crippen LogP contribution in [0.5, 0.6) is 0 Å². The van der Waals surface area contributed by atoms with E-state index in [-0.39, 0.29) is 12.3 Å². The minimum absolute atomic E-state index is 0.0699. The number of hydrogen-bond donors (Lipinski definition) is 1. The zero-order valence-corrected chi connectivity index (χ0v) is 36.7. The number of ketones is 1. The molecule has 0 heterocycles. The van der Waals surface area contributed by atoms with Gasteiger partial charge in [-0.15, -0.1) is 19.7 Å². The number of carbonyl (C=O) groups excluding carboxylic acids is 2. The quantitative estimate of drug-likeness (QED) is 0.0572. The van der Waals surface area contributed by atoms with Gasteiger partial charge in [0, 0.05) is 12.0 Å². The summed E-state index contributed by atoms with van der Waals surface area (Å²) in [5.41, 5.74) is 13.9. The first kappa shape index (κ1) is 48.2. The molecule has 0 bridgehead atoms. The second-order valence-electron chi connectivity index (χ2n) is 13.8. The lowest BCUT2D eigenvalue weighted by molar-refractivity contribution is -0.122. The van der Waals surface area contributed by atoms with Crippen LogP contribution in [0.2, 0.25) is 0 Å². The number of aldehydes is 1. The van der Waals surface area contributed by atoms with E-state index in [0.717, 1.165) is 17.4 Å². The predicted octanol–water partition coefficient (Wildman–Crippen LogP) is 15.9. The summed E-state index contributed by atoms with van der Waals surface area (Å²) in [4.78, 5) is 29.9. The molecule has 8 rings (SSSR count). The Morgan fingerprint density at radius 2 is 0.754 bits per heavy atom. The van der Waals surface area contributed by atoms with Crippen molar-refractivity contribution < 1.29 is 19.5 Å². The third-order valence-corrected chi connectivity index (χ3v) is 9.82. The third kappa shape index (κ3) is 11.3. The first-order chi connectivity index (χ1) is 29.6. The normalized spacial score (nSPS) is 9.82. The summed E-state index contributed by atoms with van der Waals surface area (Å²) in [6.07, 6.45) is 4.64. The van der Waals surface area contributed by atoms with Crippen LogP contribution in [-0.4, -0.2) is 23.6 Å². The molecule has 0 aliphatic heterocycles. The predicted molar refractivity (Wildman–Crippen MR) is 264 cm³/mol. The highest BCUT2D eigenvalue weighted by Gasteiger charge is 2.21. The Bertz CT molecular complexity index is 2590. The van der Waals surface area contributed by atoms with Crippen molar-refractivity contribution in [1.29, 1.82) is 0 Å². The van der Waals surface area contributed by atoms with E-state index < -0.39 is 0 Å². The Morgan fingerprint density at radius 1 is 0.525 bits per heavy atom. The summed E-state index contributed by atoms with van der Waals surface area (Å²) in [5.74, 6) is -0.0699. The molecule has 0 aromatic heterocycles. The SMILES string of the molecule is C=C.C=CC.C=CC(=O)c1ccc(-c2cc(-c3ccc(C)cc3)c3ccc4c(-c5ccc(C)cc5)cc(-c5ccc(C)cc5)c5ccc2c3c45)cc1.CC.CCC=O.O=CO. The van der Waals surface area contributed by atoms with Gasteiger partial charge in [0.05, 0.1) is 0 Å². The standard InChI is InChI=1S/C46H34O.C3H6O.C3H6.C2H6.C2H4.CH2O2/c1-5-44(47)35-20-18-34(19-21-35)43-27-42(33-16-10-30(4)11-17-33)38-23-22-36-40(31-12-6-28(2)7-13-31)26-41(32-14-8-29(3)9-15-32)37-24-25-39(43)46(38)45(36)37;1-2-3-4;1-3-2;2*1-2;2-1-3/h5-27H,1H2,2-4H3;3H,2H2,1H3;3H,1H2,2H3;1-2H3;1-2H2;1H,(H,2,3). The molecule has 0 spiro atoms. The highest BCUT2D eigenvalue weighted by Crippen LogP contribution is 2.48. The van der Waals surface area contributed by atoms with Crippen molar-refractivity contribution in [3.8, 4) is 44.5 Å². The van der Waals surface area contributed by atoms with Gasteiger partial charge in [-0.25, -0.2) is 0 Å². The summed E-state index contributed by atoms with van der Waals surface area (Å²) in [6.45, 7) is 26.9. The average Bonchev–Trinajstić information content (AvgIpc) is 3.30. The lowest BCUT2D eigenvalue weighted by Crippen LogP contribution is -1.95. The van der Waals surface area contributed by atoms with E-state index in [1.807, 2.05) is 39.8 Å². The van der Waals surface area contributed by atoms with E-state index in [4.69, 9.17) is 9.90 Å². The molecular formula is C57H58O4. The van der Waals surface area contributed by atoms with E-state index in [1.165, 1.54) is 88.5 Å². The van der Waals surface area contributed by atoms with E-state index in [0.29, 0.717) is 12.0 Å². The van der Waals surface area contributed by atoms with E-state index >= 15 is 0 Å². The molecule has 0 saturated heterocycles. The van der Waals surface area contributed by atoms with E-state index in [1.54, 1.807) is 6.08 Å². The zero-order valence-electron chi connectivity index (χ0n) is 36.7. The molecule has 8 aromatic rings. The van der Waals surface area contributed by atoms with Gasteiger partial charge in [-0.2, -0.15) is 0 Å². The molecule has 1 N–H and O–H groups in total. The molecule has 4 nitrogen and oxygen atoms in total. The number of aryl methyl sites for hydroxylation is 3. The van der Waals surface area contributed by atoms with E-state index in [2.05, 4.69) is 168 Å². The number of rotatable bonds is 7. The maximum absolute atomic E-state index is 12.4. The summed E-state index contributed by atoms with van der Waals surface area (Å²) in [6, 6.07) is 48.5. The van der Waals surface area contributed by atoms with Crippen LogP contribution >= 0.6 is 0 Å². The van der Waals surface area contributed by atoms with Crippen molar-refractivity contribution >= 4 is 50.9 Å². The van der Waals surface area contributed by atoms with Crippen molar-refractivity contribution in [1.82, 2.24) is 0 Å². The zero-order chi connectivity index (χ0) is 45.1. The Labute approximate surface area is 362 Å². The molecule has 0 unspecified atom stereocenters. The van der Waals surface area contributed by atoms with Crippen LogP contribution in [0.4, 0.5) is 0 Å². The fraction of sp³-hybridized carbons (Fsp3) is 0.140. The largest absolute Gasteiger partial charge is 0.483 e. The van der Waals surface area contributed by atoms with Gasteiger partial charge >= 0.3 is 0 Å². The molecule has 8 aromatic carbocycles. The molecular weight excluding hydrogens is 749 g/mol. The van der Waals surface area contributed by atoms with Crippen molar-refractivity contribution in [2.45, 2.75) is 54.9 Å².